The smallest absolute Gasteiger partial charge is 0.418 e. The molecule has 1 atom stereocenters. The Bertz CT molecular complexity index is 2560. The SMILES string of the molecule is COc1ccc(F)cc1C(C)(C)CC(=O)Cn1ccc(=O)c2ccccc21.COc1ccc(F)cc1C(C)(C)CC(O)(Cn1ccc(=O)c2ccccc21)C(F)(F)F. The zero-order valence-electron chi connectivity index (χ0n) is 33.0. The number of Topliss-reactive ketones (excluding diaryl/α,β-unsaturated/α-hetero) is 1. The number of ketones is 1. The number of aliphatic hydroxyl groups is 1. The van der Waals surface area contributed by atoms with Crippen molar-refractivity contribution in [3.8, 4) is 11.5 Å². The van der Waals surface area contributed by atoms with Gasteiger partial charge >= 0.3 is 6.18 Å². The summed E-state index contributed by atoms with van der Waals surface area (Å²) in [6, 6.07) is 24.0. The van der Waals surface area contributed by atoms with Gasteiger partial charge in [0, 0.05) is 58.3 Å². The van der Waals surface area contributed by atoms with Crippen LogP contribution in [0.15, 0.2) is 119 Å². The van der Waals surface area contributed by atoms with Gasteiger partial charge in [-0.15, -0.1) is 0 Å². The highest BCUT2D eigenvalue weighted by Gasteiger charge is 2.56. The minimum atomic E-state index is -4.99. The highest BCUT2D eigenvalue weighted by atomic mass is 19.4. The van der Waals surface area contributed by atoms with Crippen LogP contribution >= 0.6 is 0 Å². The van der Waals surface area contributed by atoms with Crippen molar-refractivity contribution in [1.82, 2.24) is 9.13 Å². The van der Waals surface area contributed by atoms with Crippen molar-refractivity contribution in [2.24, 2.45) is 0 Å². The topological polar surface area (TPSA) is 99.8 Å². The molecule has 2 aromatic heterocycles. The van der Waals surface area contributed by atoms with Gasteiger partial charge in [-0.2, -0.15) is 13.2 Å². The molecule has 13 heteroatoms. The third-order valence-electron chi connectivity index (χ3n) is 10.2. The molecule has 4 aromatic carbocycles. The van der Waals surface area contributed by atoms with Crippen molar-refractivity contribution in [1.29, 1.82) is 0 Å². The average molecular weight is 805 g/mol. The lowest BCUT2D eigenvalue weighted by molar-refractivity contribution is -0.271. The highest BCUT2D eigenvalue weighted by molar-refractivity contribution is 5.84. The Labute approximate surface area is 332 Å². The lowest BCUT2D eigenvalue weighted by Gasteiger charge is -2.39. The van der Waals surface area contributed by atoms with Gasteiger partial charge in [-0.05, 0) is 72.5 Å². The molecular formula is C45H45F5N2O6. The third kappa shape index (κ3) is 9.47. The second-order valence-electron chi connectivity index (χ2n) is 15.5. The van der Waals surface area contributed by atoms with Crippen LogP contribution in [0.4, 0.5) is 22.0 Å². The Kier molecular flexibility index (Phi) is 12.7. The van der Waals surface area contributed by atoms with Crippen LogP contribution in [0.25, 0.3) is 21.8 Å². The standard InChI is InChI=1S/C23H23F4NO3.C22H22FNO3/c1-21(2,17-12-15(24)8-9-20(17)31-3)13-22(30,23(25,26)27)14-28-11-10-19(29)16-6-4-5-7-18(16)28;1-22(2,18-12-15(23)8-9-21(18)27-3)13-16(25)14-24-11-10-20(26)17-6-4-5-7-19(17)24/h4-12,30H,13-14H2,1-3H3;4-12H,13-14H2,1-3H3. The molecule has 6 rings (SSSR count). The Hall–Kier alpha value is -5.82. The summed E-state index contributed by atoms with van der Waals surface area (Å²) in [5, 5.41) is 11.7. The summed E-state index contributed by atoms with van der Waals surface area (Å²) in [6.45, 7) is 6.08. The zero-order chi connectivity index (χ0) is 42.6. The van der Waals surface area contributed by atoms with E-state index in [1.165, 1.54) is 81.3 Å². The number of nitrogens with zero attached hydrogens (tertiary/aromatic N) is 2. The van der Waals surface area contributed by atoms with E-state index < -0.39 is 41.4 Å². The van der Waals surface area contributed by atoms with E-state index in [1.807, 2.05) is 26.0 Å². The summed E-state index contributed by atoms with van der Waals surface area (Å²) in [5.41, 5.74) is -3.59. The van der Waals surface area contributed by atoms with Crippen molar-refractivity contribution in [3.05, 3.63) is 153 Å². The van der Waals surface area contributed by atoms with Crippen LogP contribution in [0.5, 0.6) is 11.5 Å². The molecule has 2 heterocycles. The summed E-state index contributed by atoms with van der Waals surface area (Å²) in [4.78, 5) is 36.8. The maximum Gasteiger partial charge on any atom is 0.418 e. The first-order valence-corrected chi connectivity index (χ1v) is 18.3. The van der Waals surface area contributed by atoms with E-state index in [2.05, 4.69) is 0 Å². The molecule has 0 saturated carbocycles. The number of carbonyl (C=O) groups excluding carboxylic acids is 1. The number of halogens is 5. The fourth-order valence-corrected chi connectivity index (χ4v) is 7.40. The van der Waals surface area contributed by atoms with E-state index in [-0.39, 0.29) is 57.6 Å². The van der Waals surface area contributed by atoms with E-state index in [1.54, 1.807) is 41.1 Å². The Balaban J connectivity index is 0.000000223. The molecule has 0 spiro atoms. The minimum Gasteiger partial charge on any atom is -0.496 e. The van der Waals surface area contributed by atoms with Gasteiger partial charge < -0.3 is 23.7 Å². The number of methoxy groups -OCH3 is 2. The maximum atomic E-state index is 14.1. The molecule has 8 nitrogen and oxygen atoms in total. The van der Waals surface area contributed by atoms with Gasteiger partial charge in [0.1, 0.15) is 23.1 Å². The second kappa shape index (κ2) is 17.0. The van der Waals surface area contributed by atoms with Crippen molar-refractivity contribution < 1.29 is 41.3 Å². The van der Waals surface area contributed by atoms with Gasteiger partial charge in [-0.1, -0.05) is 52.0 Å². The van der Waals surface area contributed by atoms with Crippen molar-refractivity contribution in [3.63, 3.8) is 0 Å². The van der Waals surface area contributed by atoms with E-state index in [0.717, 1.165) is 17.6 Å². The predicted molar refractivity (Wildman–Crippen MR) is 214 cm³/mol. The molecule has 0 saturated heterocycles. The Morgan fingerprint density at radius 1 is 0.655 bits per heavy atom. The minimum absolute atomic E-state index is 0.0138. The van der Waals surface area contributed by atoms with Gasteiger partial charge in [0.25, 0.3) is 0 Å². The number of hydrogen-bond acceptors (Lipinski definition) is 6. The number of hydrogen-bond donors (Lipinski definition) is 1. The fourth-order valence-electron chi connectivity index (χ4n) is 7.40. The summed E-state index contributed by atoms with van der Waals surface area (Å²) in [5.74, 6) is -0.212. The molecule has 0 aliphatic rings. The molecule has 58 heavy (non-hydrogen) atoms. The first-order chi connectivity index (χ1) is 27.2. The van der Waals surface area contributed by atoms with Crippen LogP contribution in [0.3, 0.4) is 0 Å². The molecular weight excluding hydrogens is 759 g/mol. The number of ether oxygens (including phenoxy) is 2. The molecule has 6 aromatic rings. The molecule has 0 aliphatic carbocycles. The van der Waals surface area contributed by atoms with Gasteiger partial charge in [-0.3, -0.25) is 14.4 Å². The van der Waals surface area contributed by atoms with Crippen LogP contribution in [0, 0.1) is 11.6 Å². The number of alkyl halides is 3. The molecule has 0 fully saturated rings. The van der Waals surface area contributed by atoms with Crippen LogP contribution < -0.4 is 20.3 Å². The molecule has 0 aliphatic heterocycles. The number of carbonyl (C=O) groups is 1. The van der Waals surface area contributed by atoms with Crippen LogP contribution in [0.2, 0.25) is 0 Å². The van der Waals surface area contributed by atoms with Crippen molar-refractivity contribution in [2.75, 3.05) is 14.2 Å². The second-order valence-corrected chi connectivity index (χ2v) is 15.5. The van der Waals surface area contributed by atoms with E-state index in [9.17, 15) is 41.4 Å². The first-order valence-electron chi connectivity index (χ1n) is 18.3. The van der Waals surface area contributed by atoms with Crippen molar-refractivity contribution in [2.45, 2.75) is 76.2 Å². The molecule has 1 N–H and O–H groups in total. The predicted octanol–water partition coefficient (Wildman–Crippen LogP) is 8.90. The number of pyridine rings is 2. The Morgan fingerprint density at radius 3 is 1.59 bits per heavy atom. The number of rotatable bonds is 12. The molecule has 1 unspecified atom stereocenters. The van der Waals surface area contributed by atoms with Gasteiger partial charge in [-0.25, -0.2) is 8.78 Å². The van der Waals surface area contributed by atoms with Crippen LogP contribution in [-0.2, 0) is 28.7 Å². The maximum absolute atomic E-state index is 14.1. The molecule has 0 amide bonds. The first kappa shape index (κ1) is 43.3. The number of para-hydroxylation sites is 2. The monoisotopic (exact) mass is 804 g/mol. The van der Waals surface area contributed by atoms with Gasteiger partial charge in [0.15, 0.2) is 22.2 Å². The zero-order valence-corrected chi connectivity index (χ0v) is 33.0. The molecule has 0 bridgehead atoms. The highest BCUT2D eigenvalue weighted by Crippen LogP contribution is 2.45. The number of benzene rings is 4. The van der Waals surface area contributed by atoms with Crippen LogP contribution in [0.1, 0.15) is 51.7 Å². The fraction of sp³-hybridized carbons (Fsp3) is 0.311. The van der Waals surface area contributed by atoms with Gasteiger partial charge in [0.05, 0.1) is 38.3 Å². The summed E-state index contributed by atoms with van der Waals surface area (Å²) in [7, 11) is 2.87. The van der Waals surface area contributed by atoms with E-state index >= 15 is 0 Å². The normalized spacial score (nSPS) is 13.1. The molecule has 0 radical (unpaired) electrons. The van der Waals surface area contributed by atoms with E-state index in [0.29, 0.717) is 16.7 Å². The number of fused-ring (bicyclic) bond motifs is 2. The number of aromatic nitrogens is 2. The quantitative estimate of drug-likeness (QED) is 0.124. The summed E-state index contributed by atoms with van der Waals surface area (Å²) >= 11 is 0. The third-order valence-corrected chi connectivity index (χ3v) is 10.2. The summed E-state index contributed by atoms with van der Waals surface area (Å²) in [6.07, 6.45) is -2.67. The lowest BCUT2D eigenvalue weighted by Crippen LogP contribution is -2.52. The van der Waals surface area contributed by atoms with E-state index in [4.69, 9.17) is 9.47 Å². The lowest BCUT2D eigenvalue weighted by atomic mass is 9.74. The van der Waals surface area contributed by atoms with Gasteiger partial charge in [0.2, 0.25) is 0 Å². The summed E-state index contributed by atoms with van der Waals surface area (Å²) < 4.78 is 83.6. The molecule has 306 valence electrons. The Morgan fingerprint density at radius 2 is 1.10 bits per heavy atom. The largest absolute Gasteiger partial charge is 0.496 e. The van der Waals surface area contributed by atoms with Crippen molar-refractivity contribution >= 4 is 27.6 Å². The average Bonchev–Trinajstić information content (AvgIpc) is 3.16. The van der Waals surface area contributed by atoms with Crippen LogP contribution in [-0.4, -0.2) is 46.0 Å².